The Kier molecular flexibility index (Phi) is 6.43. The number of aliphatic hydroxyl groups excluding tert-OH is 1. The number of aromatic nitrogens is 3. The van der Waals surface area contributed by atoms with Gasteiger partial charge in [0.05, 0.1) is 30.4 Å². The lowest BCUT2D eigenvalue weighted by atomic mass is 10.1. The van der Waals surface area contributed by atoms with Gasteiger partial charge < -0.3 is 21.5 Å². The number of anilines is 3. The Hall–Kier alpha value is -3.85. The number of amides is 1. The van der Waals surface area contributed by atoms with Crippen LogP contribution in [0.15, 0.2) is 55.0 Å². The van der Waals surface area contributed by atoms with E-state index in [1.54, 1.807) is 24.4 Å². The Labute approximate surface area is 166 Å². The molecule has 1 amide bonds. The van der Waals surface area contributed by atoms with Gasteiger partial charge in [0, 0.05) is 24.0 Å². The van der Waals surface area contributed by atoms with Crippen LogP contribution < -0.4 is 16.4 Å². The van der Waals surface area contributed by atoms with Crippen molar-refractivity contribution in [3.05, 3.63) is 77.8 Å². The molecule has 148 valence electrons. The van der Waals surface area contributed by atoms with E-state index in [0.29, 0.717) is 28.5 Å². The highest BCUT2D eigenvalue weighted by Gasteiger charge is 2.11. The van der Waals surface area contributed by atoms with E-state index < -0.39 is 11.7 Å². The zero-order chi connectivity index (χ0) is 20.6. The van der Waals surface area contributed by atoms with E-state index >= 15 is 0 Å². The minimum Gasteiger partial charge on any atom is -0.392 e. The van der Waals surface area contributed by atoms with Gasteiger partial charge >= 0.3 is 0 Å². The molecular formula is C20H19FN6O2. The number of carbonyl (C=O) groups is 1. The molecule has 0 unspecified atom stereocenters. The third-order valence-electron chi connectivity index (χ3n) is 3.91. The molecule has 0 saturated heterocycles. The molecule has 0 spiro atoms. The summed E-state index contributed by atoms with van der Waals surface area (Å²) in [5.41, 5.74) is 7.74. The minimum atomic E-state index is -0.475. The zero-order valence-electron chi connectivity index (χ0n) is 15.3. The lowest BCUT2D eigenvalue weighted by Gasteiger charge is -2.11. The van der Waals surface area contributed by atoms with Gasteiger partial charge in [0.25, 0.3) is 5.91 Å². The van der Waals surface area contributed by atoms with Crippen LogP contribution in [0.1, 0.15) is 21.7 Å². The summed E-state index contributed by atoms with van der Waals surface area (Å²) in [5, 5.41) is 14.4. The number of nitrogen functional groups attached to an aromatic ring is 1. The number of benzene rings is 1. The summed E-state index contributed by atoms with van der Waals surface area (Å²) in [6.45, 7) is 0.0518. The van der Waals surface area contributed by atoms with Crippen LogP contribution in [0.5, 0.6) is 0 Å². The van der Waals surface area contributed by atoms with Crippen LogP contribution in [-0.4, -0.2) is 32.6 Å². The van der Waals surface area contributed by atoms with Crippen LogP contribution in [0, 0.1) is 5.82 Å². The van der Waals surface area contributed by atoms with E-state index in [4.69, 9.17) is 10.8 Å². The largest absolute Gasteiger partial charge is 0.392 e. The average molecular weight is 394 g/mol. The highest BCUT2D eigenvalue weighted by Crippen LogP contribution is 2.19. The highest BCUT2D eigenvalue weighted by molar-refractivity contribution is 6.02. The number of halogens is 1. The molecule has 1 aromatic carbocycles. The van der Waals surface area contributed by atoms with Crippen molar-refractivity contribution >= 4 is 29.2 Å². The van der Waals surface area contributed by atoms with Crippen LogP contribution in [0.2, 0.25) is 0 Å². The Morgan fingerprint density at radius 2 is 2.07 bits per heavy atom. The first-order chi connectivity index (χ1) is 14.1. The summed E-state index contributed by atoms with van der Waals surface area (Å²) in [5.74, 6) is -0.580. The maximum atomic E-state index is 14.1. The number of aliphatic hydroxyl groups is 1. The molecule has 3 rings (SSSR count). The fourth-order valence-corrected chi connectivity index (χ4v) is 2.46. The van der Waals surface area contributed by atoms with Gasteiger partial charge in [-0.05, 0) is 36.4 Å². The van der Waals surface area contributed by atoms with Gasteiger partial charge in [-0.25, -0.2) is 14.4 Å². The van der Waals surface area contributed by atoms with Crippen molar-refractivity contribution in [1.29, 1.82) is 0 Å². The predicted molar refractivity (Wildman–Crippen MR) is 108 cm³/mol. The lowest BCUT2D eigenvalue weighted by Crippen LogP contribution is -2.15. The first-order valence-electron chi connectivity index (χ1n) is 8.70. The summed E-state index contributed by atoms with van der Waals surface area (Å²) >= 11 is 0. The molecule has 0 aliphatic rings. The second-order valence-corrected chi connectivity index (χ2v) is 5.96. The van der Waals surface area contributed by atoms with Gasteiger partial charge in [0.1, 0.15) is 17.3 Å². The molecule has 29 heavy (non-hydrogen) atoms. The highest BCUT2D eigenvalue weighted by atomic mass is 19.1. The van der Waals surface area contributed by atoms with Crippen molar-refractivity contribution in [2.45, 2.75) is 6.54 Å². The molecule has 8 nitrogen and oxygen atoms in total. The number of nitrogens with two attached hydrogens (primary N) is 1. The minimum absolute atomic E-state index is 0.110. The van der Waals surface area contributed by atoms with E-state index in [1.807, 2.05) is 0 Å². The standard InChI is InChI=1S/C20H19FN6O2/c21-16-6-5-14(9-13(16)10-25-17-4-1-7-23-19(17)22)27-20(29)18-12-24-15(11-26-18)3-2-8-28/h1-7,9,11-12,25,28H,8,10H2,(H2,22,23)(H,27,29)/b3-2+. The fourth-order valence-electron chi connectivity index (χ4n) is 2.46. The molecule has 0 bridgehead atoms. The molecule has 0 aliphatic heterocycles. The van der Waals surface area contributed by atoms with Crippen molar-refractivity contribution in [2.24, 2.45) is 0 Å². The summed E-state index contributed by atoms with van der Waals surface area (Å²) in [4.78, 5) is 24.4. The molecule has 0 fully saturated rings. The normalized spacial score (nSPS) is 10.8. The van der Waals surface area contributed by atoms with Crippen molar-refractivity contribution in [1.82, 2.24) is 15.0 Å². The predicted octanol–water partition coefficient (Wildman–Crippen LogP) is 2.46. The van der Waals surface area contributed by atoms with Gasteiger partial charge in [-0.3, -0.25) is 9.78 Å². The van der Waals surface area contributed by atoms with Crippen LogP contribution >= 0.6 is 0 Å². The number of hydrogen-bond donors (Lipinski definition) is 4. The average Bonchev–Trinajstić information content (AvgIpc) is 2.74. The third kappa shape index (κ3) is 5.33. The molecule has 3 aromatic rings. The topological polar surface area (TPSA) is 126 Å². The van der Waals surface area contributed by atoms with Crippen LogP contribution in [0.4, 0.5) is 21.6 Å². The van der Waals surface area contributed by atoms with E-state index in [1.165, 1.54) is 36.7 Å². The molecule has 0 atom stereocenters. The summed E-state index contributed by atoms with van der Waals surface area (Å²) < 4.78 is 14.1. The lowest BCUT2D eigenvalue weighted by molar-refractivity contribution is 0.102. The van der Waals surface area contributed by atoms with Crippen LogP contribution in [0.3, 0.4) is 0 Å². The molecule has 0 aliphatic carbocycles. The monoisotopic (exact) mass is 394 g/mol. The maximum Gasteiger partial charge on any atom is 0.275 e. The second-order valence-electron chi connectivity index (χ2n) is 5.96. The molecular weight excluding hydrogens is 375 g/mol. The van der Waals surface area contributed by atoms with Crippen molar-refractivity contribution in [3.8, 4) is 0 Å². The summed E-state index contributed by atoms with van der Waals surface area (Å²) in [7, 11) is 0. The number of hydrogen-bond acceptors (Lipinski definition) is 7. The van der Waals surface area contributed by atoms with Gasteiger partial charge in [0.15, 0.2) is 0 Å². The van der Waals surface area contributed by atoms with E-state index in [2.05, 4.69) is 25.6 Å². The van der Waals surface area contributed by atoms with Crippen LogP contribution in [-0.2, 0) is 6.54 Å². The summed E-state index contributed by atoms with van der Waals surface area (Å²) in [6.07, 6.45) is 7.40. The van der Waals surface area contributed by atoms with Crippen molar-refractivity contribution in [3.63, 3.8) is 0 Å². The number of rotatable bonds is 7. The maximum absolute atomic E-state index is 14.1. The molecule has 0 saturated carbocycles. The van der Waals surface area contributed by atoms with E-state index in [-0.39, 0.29) is 18.8 Å². The fraction of sp³-hybridized carbons (Fsp3) is 0.100. The first kappa shape index (κ1) is 19.9. The SMILES string of the molecule is Nc1ncccc1NCc1cc(NC(=O)c2cnc(/C=C/CO)cn2)ccc1F. The number of carbonyl (C=O) groups excluding carboxylic acids is 1. The molecule has 2 heterocycles. The molecule has 0 radical (unpaired) electrons. The van der Waals surface area contributed by atoms with Gasteiger partial charge in [-0.15, -0.1) is 0 Å². The van der Waals surface area contributed by atoms with Crippen molar-refractivity contribution < 1.29 is 14.3 Å². The van der Waals surface area contributed by atoms with E-state index in [0.717, 1.165) is 0 Å². The number of nitrogens with zero attached hydrogens (tertiary/aromatic N) is 3. The van der Waals surface area contributed by atoms with Crippen molar-refractivity contribution in [2.75, 3.05) is 23.0 Å². The Morgan fingerprint density at radius 3 is 2.79 bits per heavy atom. The van der Waals surface area contributed by atoms with Gasteiger partial charge in [-0.1, -0.05) is 6.08 Å². The molecule has 9 heteroatoms. The Bertz CT molecular complexity index is 1020. The van der Waals surface area contributed by atoms with Gasteiger partial charge in [-0.2, -0.15) is 0 Å². The van der Waals surface area contributed by atoms with Crippen LogP contribution in [0.25, 0.3) is 6.08 Å². The Morgan fingerprint density at radius 1 is 1.21 bits per heavy atom. The first-order valence-corrected chi connectivity index (χ1v) is 8.70. The summed E-state index contributed by atoms with van der Waals surface area (Å²) in [6, 6.07) is 7.72. The number of nitrogens with one attached hydrogen (secondary N) is 2. The quantitative estimate of drug-likeness (QED) is 0.485. The third-order valence-corrected chi connectivity index (χ3v) is 3.91. The van der Waals surface area contributed by atoms with E-state index in [9.17, 15) is 9.18 Å². The smallest absolute Gasteiger partial charge is 0.275 e. The number of pyridine rings is 1. The second kappa shape index (κ2) is 9.38. The zero-order valence-corrected chi connectivity index (χ0v) is 15.3. The van der Waals surface area contributed by atoms with Gasteiger partial charge in [0.2, 0.25) is 0 Å². The molecule has 2 aromatic heterocycles. The molecule has 5 N–H and O–H groups in total. The Balaban J connectivity index is 1.68.